The van der Waals surface area contributed by atoms with Gasteiger partial charge in [0.15, 0.2) is 10.9 Å². The number of ketones is 1. The molecular weight excluding hydrogens is 334 g/mol. The van der Waals surface area contributed by atoms with Gasteiger partial charge in [0.25, 0.3) is 0 Å². The van der Waals surface area contributed by atoms with Crippen molar-refractivity contribution in [2.45, 2.75) is 19.0 Å². The summed E-state index contributed by atoms with van der Waals surface area (Å²) in [6.45, 7) is 3.96. The first kappa shape index (κ1) is 17.2. The van der Waals surface area contributed by atoms with Gasteiger partial charge in [-0.05, 0) is 37.6 Å². The fourth-order valence-electron chi connectivity index (χ4n) is 2.54. The summed E-state index contributed by atoms with van der Waals surface area (Å²) in [4.78, 5) is 12.5. The Morgan fingerprint density at radius 2 is 1.92 bits per heavy atom. The van der Waals surface area contributed by atoms with Gasteiger partial charge in [-0.25, -0.2) is 0 Å². The van der Waals surface area contributed by atoms with Crippen LogP contribution in [0.25, 0.3) is 5.69 Å². The molecule has 3 rings (SSSR count). The quantitative estimate of drug-likeness (QED) is 0.497. The number of hydrogen-bond acceptors (Lipinski definition) is 5. The van der Waals surface area contributed by atoms with E-state index >= 15 is 0 Å². The van der Waals surface area contributed by atoms with Crippen molar-refractivity contribution in [2.75, 3.05) is 12.9 Å². The van der Waals surface area contributed by atoms with E-state index in [4.69, 9.17) is 4.74 Å². The topological polar surface area (TPSA) is 57.0 Å². The van der Waals surface area contributed by atoms with Gasteiger partial charge in [-0.2, -0.15) is 0 Å². The van der Waals surface area contributed by atoms with Gasteiger partial charge >= 0.3 is 0 Å². The van der Waals surface area contributed by atoms with Crippen molar-refractivity contribution >= 4 is 17.5 Å². The van der Waals surface area contributed by atoms with Crippen LogP contribution in [-0.4, -0.2) is 33.4 Å². The number of ether oxygens (including phenoxy) is 1. The summed E-state index contributed by atoms with van der Waals surface area (Å²) in [6, 6.07) is 15.2. The molecule has 6 heteroatoms. The highest BCUT2D eigenvalue weighted by Crippen LogP contribution is 2.25. The van der Waals surface area contributed by atoms with E-state index in [1.54, 1.807) is 19.2 Å². The molecule has 128 valence electrons. The minimum Gasteiger partial charge on any atom is -0.497 e. The highest BCUT2D eigenvalue weighted by atomic mass is 32.2. The number of aromatic nitrogens is 3. The zero-order valence-electron chi connectivity index (χ0n) is 14.4. The van der Waals surface area contributed by atoms with Crippen molar-refractivity contribution in [3.8, 4) is 11.4 Å². The summed E-state index contributed by atoms with van der Waals surface area (Å²) < 4.78 is 7.16. The van der Waals surface area contributed by atoms with Crippen LogP contribution in [0.4, 0.5) is 0 Å². The number of methoxy groups -OCH3 is 1. The molecule has 3 aromatic rings. The average molecular weight is 353 g/mol. The van der Waals surface area contributed by atoms with E-state index < -0.39 is 0 Å². The third kappa shape index (κ3) is 3.74. The standard InChI is InChI=1S/C19H19N3O2S/c1-13-7-4-5-10-17(13)22-14(2)20-21-19(22)25-12-18(23)15-8-6-9-16(11-15)24-3/h4-11H,12H2,1-3H3. The average Bonchev–Trinajstić information content (AvgIpc) is 3.00. The first-order valence-corrected chi connectivity index (χ1v) is 8.87. The lowest BCUT2D eigenvalue weighted by Crippen LogP contribution is -2.06. The maximum Gasteiger partial charge on any atom is 0.196 e. The molecule has 1 aromatic heterocycles. The molecule has 0 aliphatic heterocycles. The number of Topliss-reactive ketones (excluding diaryl/α,β-unsaturated/α-hetero) is 1. The summed E-state index contributed by atoms with van der Waals surface area (Å²) >= 11 is 1.39. The van der Waals surface area contributed by atoms with Gasteiger partial charge in [-0.1, -0.05) is 42.1 Å². The number of para-hydroxylation sites is 1. The number of hydrogen-bond donors (Lipinski definition) is 0. The van der Waals surface area contributed by atoms with Crippen LogP contribution in [0.3, 0.4) is 0 Å². The van der Waals surface area contributed by atoms with Crippen molar-refractivity contribution in [1.29, 1.82) is 0 Å². The highest BCUT2D eigenvalue weighted by Gasteiger charge is 2.15. The zero-order chi connectivity index (χ0) is 17.8. The largest absolute Gasteiger partial charge is 0.497 e. The van der Waals surface area contributed by atoms with Gasteiger partial charge in [0, 0.05) is 5.56 Å². The number of benzene rings is 2. The minimum atomic E-state index is 0.0286. The van der Waals surface area contributed by atoms with Crippen LogP contribution in [0.5, 0.6) is 5.75 Å². The molecule has 25 heavy (non-hydrogen) atoms. The minimum absolute atomic E-state index is 0.0286. The molecule has 0 unspecified atom stereocenters. The second kappa shape index (κ2) is 7.53. The monoisotopic (exact) mass is 353 g/mol. The van der Waals surface area contributed by atoms with Crippen LogP contribution in [0.2, 0.25) is 0 Å². The van der Waals surface area contributed by atoms with Gasteiger partial charge < -0.3 is 4.74 Å². The van der Waals surface area contributed by atoms with Crippen LogP contribution in [0, 0.1) is 13.8 Å². The van der Waals surface area contributed by atoms with Gasteiger partial charge in [0.2, 0.25) is 0 Å². The third-order valence-electron chi connectivity index (χ3n) is 3.88. The Bertz CT molecular complexity index is 905. The van der Waals surface area contributed by atoms with Gasteiger partial charge in [-0.15, -0.1) is 10.2 Å². The molecule has 0 atom stereocenters. The van der Waals surface area contributed by atoms with E-state index in [1.807, 2.05) is 54.8 Å². The Kier molecular flexibility index (Phi) is 5.19. The molecule has 0 aliphatic rings. The highest BCUT2D eigenvalue weighted by molar-refractivity contribution is 7.99. The Morgan fingerprint density at radius 1 is 1.12 bits per heavy atom. The number of rotatable bonds is 6. The summed E-state index contributed by atoms with van der Waals surface area (Å²) in [5.74, 6) is 1.79. The number of aryl methyl sites for hydroxylation is 2. The Morgan fingerprint density at radius 3 is 2.68 bits per heavy atom. The Labute approximate surface area is 151 Å². The van der Waals surface area contributed by atoms with Gasteiger partial charge in [0.1, 0.15) is 11.6 Å². The molecule has 0 amide bonds. The van der Waals surface area contributed by atoms with Crippen molar-refractivity contribution in [1.82, 2.24) is 14.8 Å². The van der Waals surface area contributed by atoms with Crippen LogP contribution in [0.1, 0.15) is 21.7 Å². The van der Waals surface area contributed by atoms with E-state index in [0.717, 1.165) is 17.1 Å². The molecule has 0 saturated carbocycles. The first-order valence-electron chi connectivity index (χ1n) is 7.88. The van der Waals surface area contributed by atoms with Crippen molar-refractivity contribution in [2.24, 2.45) is 0 Å². The Balaban J connectivity index is 1.80. The number of thioether (sulfide) groups is 1. The van der Waals surface area contributed by atoms with Crippen molar-refractivity contribution in [3.05, 3.63) is 65.5 Å². The second-order valence-electron chi connectivity index (χ2n) is 5.60. The molecular formula is C19H19N3O2S. The fourth-order valence-corrected chi connectivity index (χ4v) is 3.42. The van der Waals surface area contributed by atoms with E-state index in [0.29, 0.717) is 16.5 Å². The lowest BCUT2D eigenvalue weighted by atomic mass is 10.1. The summed E-state index contributed by atoms with van der Waals surface area (Å²) in [5, 5.41) is 9.12. The molecule has 1 heterocycles. The van der Waals surface area contributed by atoms with Crippen molar-refractivity contribution in [3.63, 3.8) is 0 Å². The maximum absolute atomic E-state index is 12.5. The molecule has 0 aliphatic carbocycles. The van der Waals surface area contributed by atoms with E-state index in [2.05, 4.69) is 10.2 Å². The van der Waals surface area contributed by atoms with Crippen LogP contribution in [0.15, 0.2) is 53.7 Å². The first-order chi connectivity index (χ1) is 12.1. The lowest BCUT2D eigenvalue weighted by molar-refractivity contribution is 0.102. The predicted molar refractivity (Wildman–Crippen MR) is 98.9 cm³/mol. The summed E-state index contributed by atoms with van der Waals surface area (Å²) in [7, 11) is 1.59. The molecule has 2 aromatic carbocycles. The van der Waals surface area contributed by atoms with E-state index in [9.17, 15) is 4.79 Å². The molecule has 0 fully saturated rings. The van der Waals surface area contributed by atoms with Crippen LogP contribution >= 0.6 is 11.8 Å². The van der Waals surface area contributed by atoms with E-state index in [-0.39, 0.29) is 11.5 Å². The normalized spacial score (nSPS) is 10.7. The number of carbonyl (C=O) groups is 1. The molecule has 0 saturated heterocycles. The predicted octanol–water partition coefficient (Wildman–Crippen LogP) is 3.87. The summed E-state index contributed by atoms with van der Waals surface area (Å²) in [5.41, 5.74) is 2.79. The fraction of sp³-hybridized carbons (Fsp3) is 0.211. The number of carbonyl (C=O) groups excluding carboxylic acids is 1. The zero-order valence-corrected chi connectivity index (χ0v) is 15.2. The Hall–Kier alpha value is -2.60. The lowest BCUT2D eigenvalue weighted by Gasteiger charge is -2.11. The van der Waals surface area contributed by atoms with E-state index in [1.165, 1.54) is 11.8 Å². The number of nitrogens with zero attached hydrogens (tertiary/aromatic N) is 3. The van der Waals surface area contributed by atoms with Crippen LogP contribution in [-0.2, 0) is 0 Å². The molecule has 0 N–H and O–H groups in total. The smallest absolute Gasteiger partial charge is 0.196 e. The second-order valence-corrected chi connectivity index (χ2v) is 6.54. The maximum atomic E-state index is 12.5. The van der Waals surface area contributed by atoms with Crippen molar-refractivity contribution < 1.29 is 9.53 Å². The van der Waals surface area contributed by atoms with Gasteiger partial charge in [-0.3, -0.25) is 9.36 Å². The third-order valence-corrected chi connectivity index (χ3v) is 4.80. The van der Waals surface area contributed by atoms with Crippen LogP contribution < -0.4 is 4.74 Å². The SMILES string of the molecule is COc1cccc(C(=O)CSc2nnc(C)n2-c2ccccc2C)c1. The molecule has 0 bridgehead atoms. The molecule has 0 radical (unpaired) electrons. The molecule has 5 nitrogen and oxygen atoms in total. The van der Waals surface area contributed by atoms with Gasteiger partial charge in [0.05, 0.1) is 18.6 Å². The summed E-state index contributed by atoms with van der Waals surface area (Å²) in [6.07, 6.45) is 0. The molecule has 0 spiro atoms.